The van der Waals surface area contributed by atoms with E-state index in [2.05, 4.69) is 10.3 Å². The number of anilines is 1. The predicted molar refractivity (Wildman–Crippen MR) is 170 cm³/mol. The number of halogens is 1. The number of benzene rings is 4. The highest BCUT2D eigenvalue weighted by molar-refractivity contribution is 6.30. The first-order valence-corrected chi connectivity index (χ1v) is 14.0. The van der Waals surface area contributed by atoms with Gasteiger partial charge in [0.1, 0.15) is 11.7 Å². The SMILES string of the molecule is O=C(Nc1cc(-c2ccc3[nH]ccc3c2)cn(C(Cc2ccc(Cl)cc2)C(=O)O)c1=O)c1ccc(-c2ccccc2)cc1. The number of carbonyl (C=O) groups excluding carboxylic acids is 1. The molecule has 0 bridgehead atoms. The number of carbonyl (C=O) groups is 2. The molecule has 0 fully saturated rings. The fourth-order valence-electron chi connectivity index (χ4n) is 5.10. The molecule has 212 valence electrons. The van der Waals surface area contributed by atoms with Gasteiger partial charge in [-0.1, -0.05) is 72.3 Å². The van der Waals surface area contributed by atoms with E-state index in [-0.39, 0.29) is 12.1 Å². The molecule has 1 unspecified atom stereocenters. The zero-order chi connectivity index (χ0) is 29.9. The zero-order valence-corrected chi connectivity index (χ0v) is 23.6. The molecule has 0 saturated carbocycles. The summed E-state index contributed by atoms with van der Waals surface area (Å²) in [5, 5.41) is 14.5. The van der Waals surface area contributed by atoms with Crippen LogP contribution in [0.4, 0.5) is 5.69 Å². The molecule has 2 aromatic heterocycles. The van der Waals surface area contributed by atoms with Crippen LogP contribution in [0.25, 0.3) is 33.2 Å². The van der Waals surface area contributed by atoms with Gasteiger partial charge in [-0.05, 0) is 76.2 Å². The first kappa shape index (κ1) is 27.8. The van der Waals surface area contributed by atoms with Crippen LogP contribution in [0.2, 0.25) is 5.02 Å². The van der Waals surface area contributed by atoms with Crippen LogP contribution in [0.15, 0.2) is 126 Å². The van der Waals surface area contributed by atoms with E-state index in [4.69, 9.17) is 11.6 Å². The Bertz CT molecular complexity index is 2000. The number of pyridine rings is 1. The Morgan fingerprint density at radius 1 is 0.814 bits per heavy atom. The number of hydrogen-bond donors (Lipinski definition) is 3. The van der Waals surface area contributed by atoms with Crippen molar-refractivity contribution in [2.24, 2.45) is 0 Å². The molecule has 0 aliphatic carbocycles. The van der Waals surface area contributed by atoms with E-state index in [1.165, 1.54) is 10.8 Å². The van der Waals surface area contributed by atoms with Gasteiger partial charge >= 0.3 is 5.97 Å². The Hall–Kier alpha value is -5.40. The minimum absolute atomic E-state index is 0.0221. The summed E-state index contributed by atoms with van der Waals surface area (Å²) in [6.45, 7) is 0. The van der Waals surface area contributed by atoms with E-state index in [1.54, 1.807) is 42.5 Å². The van der Waals surface area contributed by atoms with Crippen LogP contribution in [-0.2, 0) is 11.2 Å². The van der Waals surface area contributed by atoms with Crippen LogP contribution < -0.4 is 10.9 Å². The minimum atomic E-state index is -1.23. The van der Waals surface area contributed by atoms with Crippen LogP contribution in [-0.4, -0.2) is 26.5 Å². The summed E-state index contributed by atoms with van der Waals surface area (Å²) in [6.07, 6.45) is 3.41. The summed E-state index contributed by atoms with van der Waals surface area (Å²) in [6, 6.07) is 31.7. The van der Waals surface area contributed by atoms with Crippen LogP contribution in [0.5, 0.6) is 0 Å². The summed E-state index contributed by atoms with van der Waals surface area (Å²) < 4.78 is 1.18. The fraction of sp³-hybridized carbons (Fsp3) is 0.0571. The second-order valence-corrected chi connectivity index (χ2v) is 10.7. The van der Waals surface area contributed by atoms with Gasteiger partial charge in [-0.15, -0.1) is 0 Å². The van der Waals surface area contributed by atoms with E-state index < -0.39 is 23.5 Å². The monoisotopic (exact) mass is 587 g/mol. The fourth-order valence-corrected chi connectivity index (χ4v) is 5.23. The van der Waals surface area contributed by atoms with E-state index in [0.717, 1.165) is 27.6 Å². The molecule has 0 radical (unpaired) electrons. The largest absolute Gasteiger partial charge is 0.480 e. The number of carboxylic acids is 1. The Kier molecular flexibility index (Phi) is 7.64. The Balaban J connectivity index is 1.39. The van der Waals surface area contributed by atoms with Crippen molar-refractivity contribution in [2.75, 3.05) is 5.32 Å². The van der Waals surface area contributed by atoms with Crippen molar-refractivity contribution in [1.29, 1.82) is 0 Å². The molecule has 1 amide bonds. The number of amides is 1. The van der Waals surface area contributed by atoms with Crippen LogP contribution >= 0.6 is 11.6 Å². The van der Waals surface area contributed by atoms with E-state index in [0.29, 0.717) is 21.7 Å². The highest BCUT2D eigenvalue weighted by Crippen LogP contribution is 2.27. The van der Waals surface area contributed by atoms with Gasteiger partial charge in [0.2, 0.25) is 0 Å². The van der Waals surface area contributed by atoms with Crippen molar-refractivity contribution >= 4 is 40.1 Å². The molecule has 43 heavy (non-hydrogen) atoms. The van der Waals surface area contributed by atoms with Gasteiger partial charge in [-0.25, -0.2) is 4.79 Å². The number of rotatable bonds is 8. The number of nitrogens with one attached hydrogen (secondary N) is 2. The van der Waals surface area contributed by atoms with Gasteiger partial charge < -0.3 is 15.4 Å². The number of nitrogens with zero attached hydrogens (tertiary/aromatic N) is 1. The molecule has 0 aliphatic heterocycles. The topological polar surface area (TPSA) is 104 Å². The number of carboxylic acid groups (broad SMARTS) is 1. The average Bonchev–Trinajstić information content (AvgIpc) is 3.50. The number of aliphatic carboxylic acids is 1. The number of aromatic nitrogens is 2. The van der Waals surface area contributed by atoms with E-state index in [9.17, 15) is 19.5 Å². The average molecular weight is 588 g/mol. The van der Waals surface area contributed by atoms with Gasteiger partial charge in [0.05, 0.1) is 0 Å². The number of H-pyrrole nitrogens is 1. The smallest absolute Gasteiger partial charge is 0.327 e. The van der Waals surface area contributed by atoms with Gasteiger partial charge in [0, 0.05) is 40.5 Å². The van der Waals surface area contributed by atoms with Gasteiger partial charge in [0.25, 0.3) is 11.5 Å². The summed E-state index contributed by atoms with van der Waals surface area (Å²) in [7, 11) is 0. The summed E-state index contributed by atoms with van der Waals surface area (Å²) >= 11 is 6.02. The highest BCUT2D eigenvalue weighted by atomic mass is 35.5. The second kappa shape index (κ2) is 11.8. The molecule has 7 nitrogen and oxygen atoms in total. The Morgan fingerprint density at radius 3 is 2.23 bits per heavy atom. The number of hydrogen-bond acceptors (Lipinski definition) is 3. The maximum atomic E-state index is 13.8. The van der Waals surface area contributed by atoms with Gasteiger partial charge in [-0.2, -0.15) is 0 Å². The normalized spacial score (nSPS) is 11.7. The first-order chi connectivity index (χ1) is 20.9. The first-order valence-electron chi connectivity index (χ1n) is 13.6. The molecule has 4 aromatic carbocycles. The lowest BCUT2D eigenvalue weighted by Crippen LogP contribution is -2.33. The lowest BCUT2D eigenvalue weighted by atomic mass is 10.0. The standard InChI is InChI=1S/C35H26ClN3O4/c36-29-13-6-22(7-14-29)18-32(35(42)43)39-21-28(26-12-15-30-27(19-26)16-17-37-30)20-31(34(39)41)38-33(40)25-10-8-24(9-11-25)23-4-2-1-3-5-23/h1-17,19-21,32,37H,18H2,(H,38,40)(H,42,43). The molecule has 8 heteroatoms. The molecule has 0 aliphatic rings. The molecule has 3 N–H and O–H groups in total. The number of fused-ring (bicyclic) bond motifs is 1. The lowest BCUT2D eigenvalue weighted by molar-refractivity contribution is -0.141. The number of aromatic amines is 1. The van der Waals surface area contributed by atoms with Gasteiger partial charge in [0.15, 0.2) is 0 Å². The lowest BCUT2D eigenvalue weighted by Gasteiger charge is -2.19. The molecular weight excluding hydrogens is 562 g/mol. The molecule has 1 atom stereocenters. The van der Waals surface area contributed by atoms with Crippen molar-refractivity contribution < 1.29 is 14.7 Å². The predicted octanol–water partition coefficient (Wildman–Crippen LogP) is 7.44. The van der Waals surface area contributed by atoms with E-state index in [1.807, 2.05) is 72.9 Å². The molecule has 2 heterocycles. The quantitative estimate of drug-likeness (QED) is 0.172. The van der Waals surface area contributed by atoms with Crippen molar-refractivity contribution in [3.63, 3.8) is 0 Å². The minimum Gasteiger partial charge on any atom is -0.480 e. The van der Waals surface area contributed by atoms with Crippen molar-refractivity contribution in [2.45, 2.75) is 12.5 Å². The van der Waals surface area contributed by atoms with Crippen molar-refractivity contribution in [3.05, 3.63) is 148 Å². The zero-order valence-electron chi connectivity index (χ0n) is 22.8. The third-order valence-corrected chi connectivity index (χ3v) is 7.65. The van der Waals surface area contributed by atoms with Crippen molar-refractivity contribution in [1.82, 2.24) is 9.55 Å². The van der Waals surface area contributed by atoms with Crippen LogP contribution in [0.3, 0.4) is 0 Å². The molecule has 0 saturated heterocycles. The summed E-state index contributed by atoms with van der Waals surface area (Å²) in [5.74, 6) is -1.66. The Labute approximate surface area is 252 Å². The molecule has 0 spiro atoms. The van der Waals surface area contributed by atoms with Gasteiger partial charge in [-0.3, -0.25) is 14.2 Å². The second-order valence-electron chi connectivity index (χ2n) is 10.2. The third kappa shape index (κ3) is 5.98. The molecular formula is C35H26ClN3O4. The maximum absolute atomic E-state index is 13.8. The highest BCUT2D eigenvalue weighted by Gasteiger charge is 2.24. The summed E-state index contributed by atoms with van der Waals surface area (Å²) in [5.41, 5.74) is 4.67. The molecule has 6 aromatic rings. The summed E-state index contributed by atoms with van der Waals surface area (Å²) in [4.78, 5) is 42.8. The van der Waals surface area contributed by atoms with Crippen molar-refractivity contribution in [3.8, 4) is 22.3 Å². The van der Waals surface area contributed by atoms with E-state index >= 15 is 0 Å². The Morgan fingerprint density at radius 2 is 1.51 bits per heavy atom. The molecule has 6 rings (SSSR count). The van der Waals surface area contributed by atoms with Crippen LogP contribution in [0, 0.1) is 0 Å². The van der Waals surface area contributed by atoms with Crippen LogP contribution in [0.1, 0.15) is 22.0 Å². The maximum Gasteiger partial charge on any atom is 0.327 e. The third-order valence-electron chi connectivity index (χ3n) is 7.40.